The first-order chi connectivity index (χ1) is 15.0. The molecule has 0 saturated heterocycles. The third kappa shape index (κ3) is 5.24. The molecule has 4 aromatic rings. The molecule has 0 aliphatic heterocycles. The standard InChI is InChI=1S/C21H18ClN5OS3/c1-3-8-27-19(15-9-13(2)29-10-15)25-26-21(27)31-12-18(28)24-20-23-17(11-30-20)14-4-6-16(22)7-5-14/h3-7,9-11H,1,8,12H2,2H3,(H,23,24,28). The van der Waals surface area contributed by atoms with Gasteiger partial charge in [-0.1, -0.05) is 41.6 Å². The van der Waals surface area contributed by atoms with E-state index in [0.29, 0.717) is 21.9 Å². The predicted octanol–water partition coefficient (Wildman–Crippen LogP) is 6.01. The summed E-state index contributed by atoms with van der Waals surface area (Å²) in [6.07, 6.45) is 1.80. The van der Waals surface area contributed by atoms with Crippen LogP contribution in [0, 0.1) is 6.92 Å². The number of hydrogen-bond acceptors (Lipinski definition) is 7. The maximum atomic E-state index is 12.5. The molecular formula is C21H18ClN5OS3. The van der Waals surface area contributed by atoms with Crippen molar-refractivity contribution in [3.63, 3.8) is 0 Å². The molecule has 0 aliphatic carbocycles. The van der Waals surface area contributed by atoms with Gasteiger partial charge in [-0.3, -0.25) is 9.36 Å². The third-order valence-corrected chi connectivity index (χ3v) is 7.08. The van der Waals surface area contributed by atoms with Gasteiger partial charge in [0.05, 0.1) is 11.4 Å². The van der Waals surface area contributed by atoms with Crippen molar-refractivity contribution in [1.29, 1.82) is 0 Å². The van der Waals surface area contributed by atoms with E-state index in [0.717, 1.165) is 22.6 Å². The van der Waals surface area contributed by atoms with Crippen LogP contribution in [0.25, 0.3) is 22.6 Å². The van der Waals surface area contributed by atoms with Crippen LogP contribution in [-0.2, 0) is 11.3 Å². The van der Waals surface area contributed by atoms with Crippen LogP contribution in [0.15, 0.2) is 58.9 Å². The second kappa shape index (κ2) is 9.78. The molecule has 1 N–H and O–H groups in total. The average molecular weight is 488 g/mol. The summed E-state index contributed by atoms with van der Waals surface area (Å²) in [5.74, 6) is 0.830. The predicted molar refractivity (Wildman–Crippen MR) is 130 cm³/mol. The number of carbonyl (C=O) groups excluding carboxylic acids is 1. The van der Waals surface area contributed by atoms with Crippen molar-refractivity contribution in [1.82, 2.24) is 19.7 Å². The molecule has 0 unspecified atom stereocenters. The molecular weight excluding hydrogens is 470 g/mol. The fourth-order valence-corrected chi connectivity index (χ4v) is 5.12. The van der Waals surface area contributed by atoms with E-state index in [1.54, 1.807) is 17.4 Å². The van der Waals surface area contributed by atoms with Gasteiger partial charge >= 0.3 is 0 Å². The Morgan fingerprint density at radius 2 is 2.03 bits per heavy atom. The number of thioether (sulfide) groups is 1. The highest BCUT2D eigenvalue weighted by Gasteiger charge is 2.16. The van der Waals surface area contributed by atoms with Crippen LogP contribution in [0.3, 0.4) is 0 Å². The van der Waals surface area contributed by atoms with Gasteiger partial charge in [0.25, 0.3) is 0 Å². The summed E-state index contributed by atoms with van der Waals surface area (Å²) in [5, 5.41) is 17.3. The van der Waals surface area contributed by atoms with E-state index in [2.05, 4.69) is 45.4 Å². The van der Waals surface area contributed by atoms with E-state index >= 15 is 0 Å². The molecule has 0 fully saturated rings. The van der Waals surface area contributed by atoms with Crippen molar-refractivity contribution < 1.29 is 4.79 Å². The number of amides is 1. The molecule has 0 bridgehead atoms. The number of hydrogen-bond donors (Lipinski definition) is 1. The van der Waals surface area contributed by atoms with Crippen molar-refractivity contribution in [2.75, 3.05) is 11.1 Å². The quantitative estimate of drug-likeness (QED) is 0.243. The number of carbonyl (C=O) groups is 1. The highest BCUT2D eigenvalue weighted by atomic mass is 35.5. The molecule has 0 saturated carbocycles. The number of thiazole rings is 1. The van der Waals surface area contributed by atoms with E-state index in [4.69, 9.17) is 11.6 Å². The van der Waals surface area contributed by atoms with Gasteiger partial charge in [-0.15, -0.1) is 39.4 Å². The maximum Gasteiger partial charge on any atom is 0.236 e. The van der Waals surface area contributed by atoms with Gasteiger partial charge in [0.1, 0.15) is 0 Å². The minimum Gasteiger partial charge on any atom is -0.301 e. The topological polar surface area (TPSA) is 72.7 Å². The van der Waals surface area contributed by atoms with Crippen molar-refractivity contribution in [2.45, 2.75) is 18.6 Å². The van der Waals surface area contributed by atoms with Crippen LogP contribution < -0.4 is 5.32 Å². The Hall–Kier alpha value is -2.46. The van der Waals surface area contributed by atoms with E-state index in [9.17, 15) is 4.79 Å². The van der Waals surface area contributed by atoms with Crippen molar-refractivity contribution in [3.8, 4) is 22.6 Å². The number of nitrogens with zero attached hydrogens (tertiary/aromatic N) is 4. The summed E-state index contributed by atoms with van der Waals surface area (Å²) in [4.78, 5) is 18.2. The third-order valence-electron chi connectivity index (χ3n) is 4.24. The number of rotatable bonds is 8. The lowest BCUT2D eigenvalue weighted by Crippen LogP contribution is -2.14. The first kappa shape index (κ1) is 21.8. The van der Waals surface area contributed by atoms with Gasteiger partial charge in [-0.2, -0.15) is 0 Å². The van der Waals surface area contributed by atoms with E-state index in [1.807, 2.05) is 34.2 Å². The normalized spacial score (nSPS) is 10.9. The molecule has 0 radical (unpaired) electrons. The minimum atomic E-state index is -0.150. The molecule has 0 spiro atoms. The molecule has 10 heteroatoms. The fourth-order valence-electron chi connectivity index (χ4n) is 2.83. The highest BCUT2D eigenvalue weighted by Crippen LogP contribution is 2.29. The number of allylic oxidation sites excluding steroid dienone is 1. The van der Waals surface area contributed by atoms with Crippen molar-refractivity contribution in [2.24, 2.45) is 0 Å². The molecule has 1 aromatic carbocycles. The number of halogens is 1. The molecule has 158 valence electrons. The molecule has 4 rings (SSSR count). The Morgan fingerprint density at radius 1 is 1.23 bits per heavy atom. The zero-order valence-electron chi connectivity index (χ0n) is 16.5. The molecule has 3 heterocycles. The van der Waals surface area contributed by atoms with Crippen molar-refractivity contribution in [3.05, 3.63) is 63.6 Å². The Labute approximate surface area is 197 Å². The lowest BCUT2D eigenvalue weighted by molar-refractivity contribution is -0.113. The largest absolute Gasteiger partial charge is 0.301 e. The number of nitrogens with one attached hydrogen (secondary N) is 1. The molecule has 0 atom stereocenters. The van der Waals surface area contributed by atoms with Gasteiger partial charge in [0, 0.05) is 38.3 Å². The average Bonchev–Trinajstić information content (AvgIpc) is 3.48. The van der Waals surface area contributed by atoms with Crippen LogP contribution in [0.5, 0.6) is 0 Å². The minimum absolute atomic E-state index is 0.150. The SMILES string of the molecule is C=CCn1c(SCC(=O)Nc2nc(-c3ccc(Cl)cc3)cs2)nnc1-c1csc(C)c1. The number of aryl methyl sites for hydroxylation is 1. The molecule has 0 aliphatic rings. The van der Waals surface area contributed by atoms with Crippen LogP contribution in [0.1, 0.15) is 4.88 Å². The fraction of sp³-hybridized carbons (Fsp3) is 0.143. The van der Waals surface area contributed by atoms with E-state index in [1.165, 1.54) is 28.0 Å². The van der Waals surface area contributed by atoms with E-state index < -0.39 is 0 Å². The summed E-state index contributed by atoms with van der Waals surface area (Å²) < 4.78 is 1.97. The summed E-state index contributed by atoms with van der Waals surface area (Å²) in [6, 6.07) is 9.51. The number of aromatic nitrogens is 4. The van der Waals surface area contributed by atoms with Gasteiger partial charge < -0.3 is 5.32 Å². The summed E-state index contributed by atoms with van der Waals surface area (Å²) in [5.41, 5.74) is 2.76. The zero-order valence-corrected chi connectivity index (χ0v) is 19.7. The zero-order chi connectivity index (χ0) is 21.8. The van der Waals surface area contributed by atoms with Gasteiger partial charge in [0.15, 0.2) is 16.1 Å². The Kier molecular flexibility index (Phi) is 6.86. The Morgan fingerprint density at radius 3 is 2.74 bits per heavy atom. The maximum absolute atomic E-state index is 12.5. The lowest BCUT2D eigenvalue weighted by atomic mass is 10.2. The van der Waals surface area contributed by atoms with Crippen LogP contribution >= 0.6 is 46.0 Å². The smallest absolute Gasteiger partial charge is 0.236 e. The number of anilines is 1. The highest BCUT2D eigenvalue weighted by molar-refractivity contribution is 7.99. The Balaban J connectivity index is 1.40. The Bertz CT molecular complexity index is 1210. The summed E-state index contributed by atoms with van der Waals surface area (Å²) in [6.45, 7) is 6.45. The van der Waals surface area contributed by atoms with E-state index in [-0.39, 0.29) is 11.7 Å². The molecule has 3 aromatic heterocycles. The van der Waals surface area contributed by atoms with Crippen LogP contribution in [0.4, 0.5) is 5.13 Å². The number of thiophene rings is 1. The lowest BCUT2D eigenvalue weighted by Gasteiger charge is -2.06. The number of benzene rings is 1. The first-order valence-electron chi connectivity index (χ1n) is 9.27. The van der Waals surface area contributed by atoms with Gasteiger partial charge in [-0.05, 0) is 25.1 Å². The van der Waals surface area contributed by atoms with Crippen LogP contribution in [-0.4, -0.2) is 31.4 Å². The summed E-state index contributed by atoms with van der Waals surface area (Å²) >= 11 is 10.3. The molecule has 1 amide bonds. The first-order valence-corrected chi connectivity index (χ1v) is 12.4. The van der Waals surface area contributed by atoms with Crippen molar-refractivity contribution >= 4 is 57.1 Å². The monoisotopic (exact) mass is 487 g/mol. The second-order valence-electron chi connectivity index (χ2n) is 6.53. The second-order valence-corrected chi connectivity index (χ2v) is 9.89. The molecule has 31 heavy (non-hydrogen) atoms. The molecule has 6 nitrogen and oxygen atoms in total. The van der Waals surface area contributed by atoms with Gasteiger partial charge in [0.2, 0.25) is 5.91 Å². The van der Waals surface area contributed by atoms with Gasteiger partial charge in [-0.25, -0.2) is 4.98 Å². The van der Waals surface area contributed by atoms with Crippen LogP contribution in [0.2, 0.25) is 5.02 Å². The summed E-state index contributed by atoms with van der Waals surface area (Å²) in [7, 11) is 0.